The normalized spacial score (nSPS) is 6.89. The van der Waals surface area contributed by atoms with Crippen molar-refractivity contribution in [2.75, 3.05) is 13.2 Å². The van der Waals surface area contributed by atoms with Gasteiger partial charge in [0.25, 0.3) is 0 Å². The summed E-state index contributed by atoms with van der Waals surface area (Å²) in [5.41, 5.74) is 0. The first-order valence-corrected chi connectivity index (χ1v) is 2.42. The number of carbonyl (C=O) groups is 2. The molecule has 2 N–H and O–H groups in total. The van der Waals surface area contributed by atoms with Crippen molar-refractivity contribution in [1.29, 1.82) is 0 Å². The molecule has 0 heterocycles. The molecule has 0 spiro atoms. The van der Waals surface area contributed by atoms with Gasteiger partial charge < -0.3 is 19.8 Å². The summed E-state index contributed by atoms with van der Waals surface area (Å²) >= 11 is 0. The van der Waals surface area contributed by atoms with Gasteiger partial charge in [0.2, 0.25) is 0 Å². The Hall–Kier alpha value is -0.740. The standard InChI is InChI=1S/C3H4O2.C2H6O2/c4-2-1-3-5;3-1-2-4/h2-3H,1H2;3-4H,1-2H2. The number of aldehydes is 2. The molecule has 0 aliphatic rings. The highest BCUT2D eigenvalue weighted by Crippen LogP contribution is 1.50. The van der Waals surface area contributed by atoms with Crippen molar-refractivity contribution in [3.63, 3.8) is 0 Å². The maximum Gasteiger partial charge on any atom is 0.127 e. The quantitative estimate of drug-likeness (QED) is 0.373. The van der Waals surface area contributed by atoms with E-state index in [4.69, 9.17) is 10.2 Å². The molecular weight excluding hydrogens is 124 g/mol. The van der Waals surface area contributed by atoms with Gasteiger partial charge in [-0.25, -0.2) is 0 Å². The van der Waals surface area contributed by atoms with Crippen LogP contribution in [0.15, 0.2) is 0 Å². The van der Waals surface area contributed by atoms with Crippen LogP contribution in [0, 0.1) is 0 Å². The number of rotatable bonds is 3. The fraction of sp³-hybridized carbons (Fsp3) is 0.600. The Kier molecular flexibility index (Phi) is 19.4. The van der Waals surface area contributed by atoms with Gasteiger partial charge in [0.15, 0.2) is 0 Å². The molecule has 0 saturated heterocycles. The molecule has 0 aliphatic heterocycles. The number of hydrogen-bond donors (Lipinski definition) is 2. The van der Waals surface area contributed by atoms with E-state index in [1.54, 1.807) is 0 Å². The Labute approximate surface area is 53.1 Å². The summed E-state index contributed by atoms with van der Waals surface area (Å²) in [7, 11) is 0. The molecule has 4 heteroatoms. The minimum atomic E-state index is -0.125. The van der Waals surface area contributed by atoms with Gasteiger partial charge in [-0.05, 0) is 0 Å². The highest BCUT2D eigenvalue weighted by molar-refractivity contribution is 5.72. The first-order valence-electron chi connectivity index (χ1n) is 2.42. The zero-order valence-corrected chi connectivity index (χ0v) is 4.99. The molecule has 0 fully saturated rings. The van der Waals surface area contributed by atoms with Crippen molar-refractivity contribution < 1.29 is 19.8 Å². The average Bonchev–Trinajstić information content (AvgIpc) is 1.91. The zero-order chi connectivity index (χ0) is 7.54. The Morgan fingerprint density at radius 1 is 1.00 bits per heavy atom. The lowest BCUT2D eigenvalue weighted by Crippen LogP contribution is -1.85. The first-order chi connectivity index (χ1) is 4.33. The van der Waals surface area contributed by atoms with Crippen LogP contribution in [0.5, 0.6) is 0 Å². The Morgan fingerprint density at radius 2 is 1.33 bits per heavy atom. The second-order valence-corrected chi connectivity index (χ2v) is 1.02. The molecule has 0 unspecified atom stereocenters. The minimum absolute atomic E-state index is 0.0278. The topological polar surface area (TPSA) is 74.6 Å². The monoisotopic (exact) mass is 134 g/mol. The largest absolute Gasteiger partial charge is 0.394 e. The van der Waals surface area contributed by atoms with Crippen molar-refractivity contribution in [3.05, 3.63) is 0 Å². The van der Waals surface area contributed by atoms with E-state index < -0.39 is 0 Å². The van der Waals surface area contributed by atoms with Crippen LogP contribution in [0.4, 0.5) is 0 Å². The van der Waals surface area contributed by atoms with Crippen LogP contribution >= 0.6 is 0 Å². The lowest BCUT2D eigenvalue weighted by Gasteiger charge is -1.70. The van der Waals surface area contributed by atoms with E-state index in [-0.39, 0.29) is 19.6 Å². The smallest absolute Gasteiger partial charge is 0.127 e. The Balaban J connectivity index is 0. The molecule has 0 saturated carbocycles. The number of aliphatic hydroxyl groups excluding tert-OH is 2. The summed E-state index contributed by atoms with van der Waals surface area (Å²) in [5, 5.41) is 15.2. The van der Waals surface area contributed by atoms with Gasteiger partial charge in [0, 0.05) is 0 Å². The number of aliphatic hydroxyl groups is 2. The van der Waals surface area contributed by atoms with E-state index >= 15 is 0 Å². The van der Waals surface area contributed by atoms with Crippen molar-refractivity contribution in [1.82, 2.24) is 0 Å². The minimum Gasteiger partial charge on any atom is -0.394 e. The highest BCUT2D eigenvalue weighted by atomic mass is 16.3. The van der Waals surface area contributed by atoms with Gasteiger partial charge >= 0.3 is 0 Å². The molecule has 0 aromatic heterocycles. The molecule has 4 nitrogen and oxygen atoms in total. The lowest BCUT2D eigenvalue weighted by atomic mass is 10.6. The van der Waals surface area contributed by atoms with Crippen LogP contribution in [0.25, 0.3) is 0 Å². The average molecular weight is 134 g/mol. The van der Waals surface area contributed by atoms with Crippen molar-refractivity contribution in [2.24, 2.45) is 0 Å². The first kappa shape index (κ1) is 11.1. The molecule has 0 bridgehead atoms. The predicted octanol–water partition coefficient (Wildman–Crippen LogP) is -1.25. The van der Waals surface area contributed by atoms with Gasteiger partial charge in [-0.15, -0.1) is 0 Å². The zero-order valence-electron chi connectivity index (χ0n) is 4.99. The molecule has 0 aliphatic carbocycles. The second kappa shape index (κ2) is 15.7. The molecule has 0 aromatic rings. The van der Waals surface area contributed by atoms with Crippen LogP contribution in [0.3, 0.4) is 0 Å². The summed E-state index contributed by atoms with van der Waals surface area (Å²) in [6, 6.07) is 0. The fourth-order valence-corrected chi connectivity index (χ4v) is 0.0393. The maximum atomic E-state index is 9.17. The molecule has 0 radical (unpaired) electrons. The molecular formula is C5H10O4. The van der Waals surface area contributed by atoms with Crippen molar-refractivity contribution in [2.45, 2.75) is 6.42 Å². The van der Waals surface area contributed by atoms with Crippen LogP contribution in [-0.4, -0.2) is 36.0 Å². The van der Waals surface area contributed by atoms with Gasteiger partial charge in [0.1, 0.15) is 12.6 Å². The van der Waals surface area contributed by atoms with Gasteiger partial charge in [-0.1, -0.05) is 0 Å². The molecule has 0 amide bonds. The van der Waals surface area contributed by atoms with Crippen LogP contribution in [0.1, 0.15) is 6.42 Å². The van der Waals surface area contributed by atoms with Gasteiger partial charge in [-0.3, -0.25) is 0 Å². The molecule has 0 rings (SSSR count). The maximum absolute atomic E-state index is 9.17. The number of carbonyl (C=O) groups excluding carboxylic acids is 2. The van der Waals surface area contributed by atoms with E-state index in [0.717, 1.165) is 0 Å². The lowest BCUT2D eigenvalue weighted by molar-refractivity contribution is -0.114. The van der Waals surface area contributed by atoms with Crippen molar-refractivity contribution in [3.8, 4) is 0 Å². The second-order valence-electron chi connectivity index (χ2n) is 1.02. The Morgan fingerprint density at radius 3 is 1.33 bits per heavy atom. The third-order valence-electron chi connectivity index (χ3n) is 0.292. The summed E-state index contributed by atoms with van der Waals surface area (Å²) in [6.45, 7) is -0.250. The number of hydrogen-bond acceptors (Lipinski definition) is 4. The van der Waals surface area contributed by atoms with E-state index in [0.29, 0.717) is 12.6 Å². The summed E-state index contributed by atoms with van der Waals surface area (Å²) in [6.07, 6.45) is 1.15. The molecule has 0 aromatic carbocycles. The van der Waals surface area contributed by atoms with Crippen LogP contribution < -0.4 is 0 Å². The summed E-state index contributed by atoms with van der Waals surface area (Å²) in [4.78, 5) is 18.3. The van der Waals surface area contributed by atoms with E-state index in [1.807, 2.05) is 0 Å². The van der Waals surface area contributed by atoms with Crippen LogP contribution in [0.2, 0.25) is 0 Å². The fourth-order valence-electron chi connectivity index (χ4n) is 0.0393. The third kappa shape index (κ3) is 39.3. The molecule has 0 atom stereocenters. The van der Waals surface area contributed by atoms with E-state index in [1.165, 1.54) is 0 Å². The van der Waals surface area contributed by atoms with Crippen LogP contribution in [-0.2, 0) is 9.59 Å². The molecule has 9 heavy (non-hydrogen) atoms. The van der Waals surface area contributed by atoms with Crippen molar-refractivity contribution >= 4 is 12.6 Å². The molecule has 54 valence electrons. The van der Waals surface area contributed by atoms with E-state index in [2.05, 4.69) is 0 Å². The van der Waals surface area contributed by atoms with Gasteiger partial charge in [0.05, 0.1) is 19.6 Å². The highest BCUT2D eigenvalue weighted by Gasteiger charge is 1.65. The van der Waals surface area contributed by atoms with E-state index in [9.17, 15) is 9.59 Å². The summed E-state index contributed by atoms with van der Waals surface area (Å²) in [5.74, 6) is 0. The predicted molar refractivity (Wildman–Crippen MR) is 30.9 cm³/mol. The van der Waals surface area contributed by atoms with Gasteiger partial charge in [-0.2, -0.15) is 0 Å². The third-order valence-corrected chi connectivity index (χ3v) is 0.292. The Bertz CT molecular complexity index is 54.0. The summed E-state index contributed by atoms with van der Waals surface area (Å²) < 4.78 is 0. The SMILES string of the molecule is O=CCC=O.OCCO.